The Hall–Kier alpha value is -0.460. The van der Waals surface area contributed by atoms with Gasteiger partial charge in [0.2, 0.25) is 0 Å². The number of aromatic amines is 1. The van der Waals surface area contributed by atoms with Gasteiger partial charge in [-0.2, -0.15) is 0 Å². The van der Waals surface area contributed by atoms with Gasteiger partial charge in [0.1, 0.15) is 26.0 Å². The SMILES string of the molecule is CP(C)(=O)C1CCC(CBr)O1.Cc1cn(CC2CCC(P(C)(C)=O)O2)c(=O)[nH]c1=O. The first kappa shape index (κ1) is 25.8. The van der Waals surface area contributed by atoms with Crippen molar-refractivity contribution in [1.29, 1.82) is 0 Å². The maximum Gasteiger partial charge on any atom is 0.328 e. The third-order valence-electron chi connectivity index (χ3n) is 5.32. The van der Waals surface area contributed by atoms with Crippen LogP contribution in [0.5, 0.6) is 0 Å². The van der Waals surface area contributed by atoms with E-state index in [1.165, 1.54) is 10.8 Å². The molecule has 0 amide bonds. The van der Waals surface area contributed by atoms with E-state index in [0.717, 1.165) is 31.0 Å². The summed E-state index contributed by atoms with van der Waals surface area (Å²) in [6, 6.07) is 0. The highest BCUT2D eigenvalue weighted by molar-refractivity contribution is 9.09. The highest BCUT2D eigenvalue weighted by Crippen LogP contribution is 2.49. The molecule has 3 rings (SSSR count). The Morgan fingerprint density at radius 2 is 1.50 bits per heavy atom. The third kappa shape index (κ3) is 7.30. The van der Waals surface area contributed by atoms with E-state index in [-0.39, 0.29) is 29.5 Å². The molecule has 1 N–H and O–H groups in total. The molecule has 0 radical (unpaired) electrons. The molecule has 4 atom stereocenters. The van der Waals surface area contributed by atoms with E-state index in [0.29, 0.717) is 12.1 Å². The number of alkyl halides is 1. The fourth-order valence-corrected chi connectivity index (χ4v) is 6.46. The molecular weight excluding hydrogens is 494 g/mol. The fourth-order valence-electron chi connectivity index (χ4n) is 3.51. The smallest absolute Gasteiger partial charge is 0.328 e. The topological polar surface area (TPSA) is 107 Å². The van der Waals surface area contributed by atoms with E-state index >= 15 is 0 Å². The highest BCUT2D eigenvalue weighted by Gasteiger charge is 2.34. The van der Waals surface area contributed by atoms with Gasteiger partial charge in [0.15, 0.2) is 0 Å². The Morgan fingerprint density at radius 3 is 1.93 bits per heavy atom. The van der Waals surface area contributed by atoms with Crippen LogP contribution < -0.4 is 11.2 Å². The number of ether oxygens (including phenoxy) is 2. The van der Waals surface area contributed by atoms with E-state index in [9.17, 15) is 18.7 Å². The number of H-pyrrole nitrogens is 1. The van der Waals surface area contributed by atoms with Gasteiger partial charge in [-0.1, -0.05) is 15.9 Å². The van der Waals surface area contributed by atoms with Crippen molar-refractivity contribution in [2.75, 3.05) is 32.0 Å². The van der Waals surface area contributed by atoms with Gasteiger partial charge in [-0.3, -0.25) is 14.3 Å². The molecule has 4 unspecified atom stereocenters. The molecule has 172 valence electrons. The monoisotopic (exact) mass is 526 g/mol. The summed E-state index contributed by atoms with van der Waals surface area (Å²) >= 11 is 3.36. The second-order valence-electron chi connectivity index (χ2n) is 8.83. The molecule has 0 saturated carbocycles. The van der Waals surface area contributed by atoms with Gasteiger partial charge in [-0.25, -0.2) is 4.79 Å². The van der Waals surface area contributed by atoms with Gasteiger partial charge in [-0.05, 0) is 59.3 Å². The van der Waals surface area contributed by atoms with Gasteiger partial charge in [0.25, 0.3) is 5.56 Å². The van der Waals surface area contributed by atoms with Crippen molar-refractivity contribution in [2.24, 2.45) is 0 Å². The largest absolute Gasteiger partial charge is 0.366 e. The average Bonchev–Trinajstić information content (AvgIpc) is 3.29. The zero-order valence-electron chi connectivity index (χ0n) is 18.3. The number of halogens is 1. The average molecular weight is 527 g/mol. The van der Waals surface area contributed by atoms with Gasteiger partial charge in [-0.15, -0.1) is 0 Å². The zero-order chi connectivity index (χ0) is 22.7. The number of nitrogens with one attached hydrogen (secondary N) is 1. The Morgan fingerprint density at radius 1 is 1.00 bits per heavy atom. The minimum absolute atomic E-state index is 0.0186. The van der Waals surface area contributed by atoms with Crippen LogP contribution in [-0.4, -0.2) is 65.4 Å². The fraction of sp³-hybridized carbons (Fsp3) is 0.789. The molecular formula is C19H33BrN2O6P2. The Balaban J connectivity index is 0.000000248. The van der Waals surface area contributed by atoms with Crippen LogP contribution in [0.4, 0.5) is 0 Å². The number of hydrogen-bond donors (Lipinski definition) is 1. The standard InChI is InChI=1S/C12H19N2O4P.C7H14BrO2P/c1-8-6-14(12(16)13-11(8)15)7-9-4-5-10(18-9)19(2,3)17;1-11(2,9)7-4-3-6(5-8)10-7/h6,9-10H,4-5,7H2,1-3H3,(H,13,15,16);6-7H,3-5H2,1-2H3. The summed E-state index contributed by atoms with van der Waals surface area (Å²) in [6.45, 7) is 9.07. The van der Waals surface area contributed by atoms with E-state index < -0.39 is 20.0 Å². The van der Waals surface area contributed by atoms with Crippen molar-refractivity contribution in [3.05, 3.63) is 32.6 Å². The summed E-state index contributed by atoms with van der Waals surface area (Å²) in [7, 11) is -4.26. The molecule has 0 bridgehead atoms. The zero-order valence-corrected chi connectivity index (χ0v) is 21.7. The third-order valence-corrected chi connectivity index (χ3v) is 9.57. The van der Waals surface area contributed by atoms with E-state index in [1.54, 1.807) is 33.6 Å². The maximum atomic E-state index is 11.9. The lowest BCUT2D eigenvalue weighted by molar-refractivity contribution is 0.0731. The number of aromatic nitrogens is 2. The van der Waals surface area contributed by atoms with Gasteiger partial charge < -0.3 is 18.6 Å². The molecule has 0 spiro atoms. The van der Waals surface area contributed by atoms with Crippen molar-refractivity contribution >= 4 is 30.2 Å². The van der Waals surface area contributed by atoms with E-state index in [1.807, 2.05) is 0 Å². The molecule has 3 heterocycles. The number of hydrogen-bond acceptors (Lipinski definition) is 6. The molecule has 0 aliphatic carbocycles. The maximum absolute atomic E-state index is 11.9. The summed E-state index contributed by atoms with van der Waals surface area (Å²) in [5, 5.41) is 0.865. The lowest BCUT2D eigenvalue weighted by atomic mass is 10.2. The van der Waals surface area contributed by atoms with Crippen LogP contribution in [0, 0.1) is 6.92 Å². The molecule has 2 saturated heterocycles. The van der Waals surface area contributed by atoms with Crippen LogP contribution in [0.2, 0.25) is 0 Å². The lowest BCUT2D eigenvalue weighted by Gasteiger charge is -2.17. The van der Waals surface area contributed by atoms with Crippen LogP contribution in [0.25, 0.3) is 0 Å². The van der Waals surface area contributed by atoms with Crippen molar-refractivity contribution in [3.8, 4) is 0 Å². The molecule has 2 fully saturated rings. The molecule has 11 heteroatoms. The van der Waals surface area contributed by atoms with Crippen LogP contribution in [0.3, 0.4) is 0 Å². The van der Waals surface area contributed by atoms with Crippen molar-refractivity contribution in [1.82, 2.24) is 9.55 Å². The van der Waals surface area contributed by atoms with Crippen molar-refractivity contribution in [3.63, 3.8) is 0 Å². The van der Waals surface area contributed by atoms with Gasteiger partial charge in [0.05, 0.1) is 18.8 Å². The molecule has 2 aliphatic rings. The second kappa shape index (κ2) is 10.4. The normalized spacial score (nSPS) is 27.0. The minimum Gasteiger partial charge on any atom is -0.366 e. The van der Waals surface area contributed by atoms with Crippen molar-refractivity contribution < 1.29 is 18.6 Å². The summed E-state index contributed by atoms with van der Waals surface area (Å²) in [5.41, 5.74) is -0.303. The molecule has 30 heavy (non-hydrogen) atoms. The predicted octanol–water partition coefficient (Wildman–Crippen LogP) is 3.48. The van der Waals surface area contributed by atoms with Gasteiger partial charge in [0, 0.05) is 17.1 Å². The van der Waals surface area contributed by atoms with E-state index in [4.69, 9.17) is 9.47 Å². The van der Waals surface area contributed by atoms with Crippen LogP contribution in [-0.2, 0) is 25.1 Å². The number of rotatable bonds is 5. The second-order valence-corrected chi connectivity index (χ2v) is 16.4. The predicted molar refractivity (Wildman–Crippen MR) is 125 cm³/mol. The molecule has 2 aliphatic heterocycles. The molecule has 1 aromatic rings. The summed E-state index contributed by atoms with van der Waals surface area (Å²) in [6.07, 6.45) is 5.24. The number of aryl methyl sites for hydroxylation is 1. The number of nitrogens with zero attached hydrogens (tertiary/aromatic N) is 1. The first-order valence-electron chi connectivity index (χ1n) is 10.1. The molecule has 1 aromatic heterocycles. The highest BCUT2D eigenvalue weighted by atomic mass is 79.9. The summed E-state index contributed by atoms with van der Waals surface area (Å²) in [4.78, 5) is 25.2. The van der Waals surface area contributed by atoms with Crippen LogP contribution >= 0.6 is 30.2 Å². The molecule has 8 nitrogen and oxygen atoms in total. The first-order chi connectivity index (χ1) is 13.8. The van der Waals surface area contributed by atoms with Crippen molar-refractivity contribution in [2.45, 2.75) is 63.0 Å². The van der Waals surface area contributed by atoms with Crippen LogP contribution in [0.1, 0.15) is 31.2 Å². The Kier molecular flexibility index (Phi) is 8.98. The summed E-state index contributed by atoms with van der Waals surface area (Å²) < 4.78 is 36.2. The van der Waals surface area contributed by atoms with E-state index in [2.05, 4.69) is 20.9 Å². The minimum atomic E-state index is -2.25. The lowest BCUT2D eigenvalue weighted by Crippen LogP contribution is -2.33. The van der Waals surface area contributed by atoms with Gasteiger partial charge >= 0.3 is 5.69 Å². The quantitative estimate of drug-likeness (QED) is 0.464. The first-order valence-corrected chi connectivity index (χ1v) is 16.5. The van der Waals surface area contributed by atoms with Crippen LogP contribution in [0.15, 0.2) is 15.8 Å². The molecule has 0 aromatic carbocycles. The summed E-state index contributed by atoms with van der Waals surface area (Å²) in [5.74, 6) is -0.192. The Bertz CT molecular complexity index is 934. The Labute approximate surface area is 186 Å².